The molecule has 0 aliphatic rings. The third kappa shape index (κ3) is 5.71. The molecule has 10 heteroatoms. The number of nitrogens with zero attached hydrogens (tertiary/aromatic N) is 1. The van der Waals surface area contributed by atoms with E-state index in [1.807, 2.05) is 0 Å². The molecule has 0 bridgehead atoms. The second-order valence-corrected chi connectivity index (χ2v) is 5.81. The second-order valence-electron chi connectivity index (χ2n) is 4.97. The third-order valence-corrected chi connectivity index (χ3v) is 3.53. The quantitative estimate of drug-likeness (QED) is 0.527. The zero-order chi connectivity index (χ0) is 19.1. The van der Waals surface area contributed by atoms with Crippen molar-refractivity contribution in [3.8, 4) is 17.4 Å². The number of benzene rings is 1. The summed E-state index contributed by atoms with van der Waals surface area (Å²) in [7, 11) is 1.62. The normalized spacial score (nSPS) is 11.2. The van der Waals surface area contributed by atoms with Gasteiger partial charge in [0, 0.05) is 13.2 Å². The zero-order valence-corrected chi connectivity index (χ0v) is 15.5. The van der Waals surface area contributed by atoms with E-state index in [0.717, 1.165) is 6.07 Å². The number of thiocarbonyl (C=S) groups is 1. The summed E-state index contributed by atoms with van der Waals surface area (Å²) in [5.41, 5.74) is 4.92. The smallest absolute Gasteiger partial charge is 0.279 e. The maximum absolute atomic E-state index is 13.7. The number of ether oxygens (including phenoxy) is 2. The van der Waals surface area contributed by atoms with Gasteiger partial charge in [0.15, 0.2) is 17.0 Å². The summed E-state index contributed by atoms with van der Waals surface area (Å²) >= 11 is 10.5. The predicted octanol–water partition coefficient (Wildman–Crippen LogP) is 2.56. The van der Waals surface area contributed by atoms with Crippen LogP contribution in [0.3, 0.4) is 0 Å². The number of rotatable bonds is 5. The molecule has 1 heterocycles. The Morgan fingerprint density at radius 3 is 2.54 bits per heavy atom. The van der Waals surface area contributed by atoms with Crippen LogP contribution in [0.5, 0.6) is 17.4 Å². The molecular formula is C16H16ClFN4O3S. The van der Waals surface area contributed by atoms with Crippen molar-refractivity contribution in [3.05, 3.63) is 47.4 Å². The summed E-state index contributed by atoms with van der Waals surface area (Å²) in [6, 6.07) is 7.39. The van der Waals surface area contributed by atoms with Gasteiger partial charge in [0.2, 0.25) is 0 Å². The van der Waals surface area contributed by atoms with Crippen LogP contribution >= 0.6 is 23.8 Å². The van der Waals surface area contributed by atoms with Crippen LogP contribution in [0.1, 0.15) is 6.92 Å². The Hall–Kier alpha value is -2.65. The fourth-order valence-electron chi connectivity index (χ4n) is 1.72. The molecular weight excluding hydrogens is 383 g/mol. The summed E-state index contributed by atoms with van der Waals surface area (Å²) in [6.45, 7) is 1.58. The van der Waals surface area contributed by atoms with Crippen LogP contribution < -0.4 is 25.6 Å². The van der Waals surface area contributed by atoms with Gasteiger partial charge in [-0.3, -0.25) is 15.6 Å². The second kappa shape index (κ2) is 9.16. The molecule has 1 atom stereocenters. The van der Waals surface area contributed by atoms with E-state index < -0.39 is 17.8 Å². The van der Waals surface area contributed by atoms with Crippen molar-refractivity contribution >= 4 is 34.8 Å². The lowest BCUT2D eigenvalue weighted by molar-refractivity contribution is -0.127. The molecule has 1 aromatic carbocycles. The SMILES string of the molecule is CNC(=S)NNC(=O)[C@@H](C)Oc1ccc(Oc2ncc(Cl)cc2F)cc1. The largest absolute Gasteiger partial charge is 0.481 e. The molecule has 0 aliphatic heterocycles. The number of pyridine rings is 1. The highest BCUT2D eigenvalue weighted by Gasteiger charge is 2.15. The number of carbonyl (C=O) groups excluding carboxylic acids is 1. The summed E-state index contributed by atoms with van der Waals surface area (Å²) in [4.78, 5) is 15.6. The molecule has 0 saturated heterocycles. The first-order valence-electron chi connectivity index (χ1n) is 7.42. The molecule has 26 heavy (non-hydrogen) atoms. The lowest BCUT2D eigenvalue weighted by Gasteiger charge is -2.16. The van der Waals surface area contributed by atoms with Gasteiger partial charge in [-0.05, 0) is 49.5 Å². The van der Waals surface area contributed by atoms with Crippen LogP contribution in [-0.2, 0) is 4.79 Å². The van der Waals surface area contributed by atoms with E-state index in [4.69, 9.17) is 33.3 Å². The van der Waals surface area contributed by atoms with Gasteiger partial charge < -0.3 is 14.8 Å². The van der Waals surface area contributed by atoms with Gasteiger partial charge in [0.05, 0.1) is 5.02 Å². The van der Waals surface area contributed by atoms with Crippen molar-refractivity contribution in [2.75, 3.05) is 7.05 Å². The Balaban J connectivity index is 1.92. The molecule has 0 unspecified atom stereocenters. The van der Waals surface area contributed by atoms with Gasteiger partial charge in [-0.15, -0.1) is 0 Å². The van der Waals surface area contributed by atoms with E-state index >= 15 is 0 Å². The Morgan fingerprint density at radius 1 is 1.27 bits per heavy atom. The highest BCUT2D eigenvalue weighted by Crippen LogP contribution is 2.26. The van der Waals surface area contributed by atoms with Crippen LogP contribution in [0.4, 0.5) is 4.39 Å². The molecule has 1 amide bonds. The Labute approximate surface area is 159 Å². The standard InChI is InChI=1S/C16H16ClFN4O3S/c1-9(14(23)21-22-16(26)19-2)24-11-3-5-12(6-4-11)25-15-13(18)7-10(17)8-20-15/h3-9H,1-2H3,(H,21,23)(H2,19,22,26)/t9-/m1/s1. The molecule has 0 radical (unpaired) electrons. The Bertz CT molecular complexity index is 792. The summed E-state index contributed by atoms with van der Waals surface area (Å²) < 4.78 is 24.5. The average Bonchev–Trinajstić information content (AvgIpc) is 2.63. The molecule has 138 valence electrons. The first kappa shape index (κ1) is 19.7. The molecule has 0 saturated carbocycles. The van der Waals surface area contributed by atoms with Crippen molar-refractivity contribution in [1.82, 2.24) is 21.2 Å². The topological polar surface area (TPSA) is 84.5 Å². The highest BCUT2D eigenvalue weighted by molar-refractivity contribution is 7.80. The van der Waals surface area contributed by atoms with Gasteiger partial charge in [-0.25, -0.2) is 9.37 Å². The molecule has 1 aromatic heterocycles. The van der Waals surface area contributed by atoms with Gasteiger partial charge in [-0.1, -0.05) is 11.6 Å². The van der Waals surface area contributed by atoms with E-state index in [2.05, 4.69) is 21.2 Å². The monoisotopic (exact) mass is 398 g/mol. The van der Waals surface area contributed by atoms with Gasteiger partial charge in [0.25, 0.3) is 11.8 Å². The maximum atomic E-state index is 13.7. The minimum atomic E-state index is -0.774. The molecule has 7 nitrogen and oxygen atoms in total. The number of aromatic nitrogens is 1. The number of hydrogen-bond donors (Lipinski definition) is 3. The number of halogens is 2. The number of hydrazine groups is 1. The van der Waals surface area contributed by atoms with E-state index in [1.165, 1.54) is 6.20 Å². The number of amides is 1. The van der Waals surface area contributed by atoms with Crippen molar-refractivity contribution < 1.29 is 18.7 Å². The van der Waals surface area contributed by atoms with Crippen molar-refractivity contribution in [3.63, 3.8) is 0 Å². The molecule has 0 spiro atoms. The van der Waals surface area contributed by atoms with Crippen molar-refractivity contribution in [2.24, 2.45) is 0 Å². The van der Waals surface area contributed by atoms with Crippen molar-refractivity contribution in [2.45, 2.75) is 13.0 Å². The summed E-state index contributed by atoms with van der Waals surface area (Å²) in [5.74, 6) is -0.488. The number of hydrogen-bond acceptors (Lipinski definition) is 5. The lowest BCUT2D eigenvalue weighted by Crippen LogP contribution is -2.49. The lowest BCUT2D eigenvalue weighted by atomic mass is 10.3. The van der Waals surface area contributed by atoms with Crippen LogP contribution in [0.15, 0.2) is 36.5 Å². The van der Waals surface area contributed by atoms with Crippen LogP contribution in [0, 0.1) is 5.82 Å². The van der Waals surface area contributed by atoms with Crippen LogP contribution in [0.2, 0.25) is 5.02 Å². The minimum absolute atomic E-state index is 0.177. The third-order valence-electron chi connectivity index (χ3n) is 3.02. The average molecular weight is 399 g/mol. The van der Waals surface area contributed by atoms with Gasteiger partial charge in [-0.2, -0.15) is 0 Å². The Kier molecular flexibility index (Phi) is 6.93. The molecule has 2 rings (SSSR count). The van der Waals surface area contributed by atoms with Crippen LogP contribution in [-0.4, -0.2) is 29.2 Å². The number of carbonyl (C=O) groups is 1. The molecule has 0 fully saturated rings. The minimum Gasteiger partial charge on any atom is -0.481 e. The van der Waals surface area contributed by atoms with Gasteiger partial charge >= 0.3 is 0 Å². The van der Waals surface area contributed by atoms with E-state index in [0.29, 0.717) is 11.5 Å². The number of nitrogens with one attached hydrogen (secondary N) is 3. The fourth-order valence-corrected chi connectivity index (χ4v) is 1.91. The first-order valence-corrected chi connectivity index (χ1v) is 8.21. The predicted molar refractivity (Wildman–Crippen MR) is 98.7 cm³/mol. The van der Waals surface area contributed by atoms with E-state index in [-0.39, 0.29) is 16.0 Å². The first-order chi connectivity index (χ1) is 12.4. The summed E-state index contributed by atoms with van der Waals surface area (Å²) in [6.07, 6.45) is 0.509. The molecule has 2 aromatic rings. The van der Waals surface area contributed by atoms with Crippen molar-refractivity contribution in [1.29, 1.82) is 0 Å². The molecule has 3 N–H and O–H groups in total. The fraction of sp³-hybridized carbons (Fsp3) is 0.188. The zero-order valence-electron chi connectivity index (χ0n) is 13.9. The van der Waals surface area contributed by atoms with Crippen LogP contribution in [0.25, 0.3) is 0 Å². The Morgan fingerprint density at radius 2 is 1.92 bits per heavy atom. The van der Waals surface area contributed by atoms with E-state index in [9.17, 15) is 9.18 Å². The summed E-state index contributed by atoms with van der Waals surface area (Å²) in [5, 5.41) is 3.10. The highest BCUT2D eigenvalue weighted by atomic mass is 35.5. The molecule has 0 aliphatic carbocycles. The van der Waals surface area contributed by atoms with E-state index in [1.54, 1.807) is 38.2 Å². The van der Waals surface area contributed by atoms with Gasteiger partial charge in [0.1, 0.15) is 11.5 Å². The maximum Gasteiger partial charge on any atom is 0.279 e.